The summed E-state index contributed by atoms with van der Waals surface area (Å²) < 4.78 is 5.19. The van der Waals surface area contributed by atoms with E-state index in [9.17, 15) is 4.79 Å². The molecule has 0 aliphatic carbocycles. The summed E-state index contributed by atoms with van der Waals surface area (Å²) in [5, 5.41) is 8.71. The van der Waals surface area contributed by atoms with Gasteiger partial charge in [-0.25, -0.2) is 0 Å². The number of rotatable bonds is 6. The van der Waals surface area contributed by atoms with E-state index < -0.39 is 5.97 Å². The van der Waals surface area contributed by atoms with Gasteiger partial charge in [0.1, 0.15) is 5.75 Å². The Morgan fingerprint density at radius 1 is 1.39 bits per heavy atom. The van der Waals surface area contributed by atoms with Crippen LogP contribution in [-0.2, 0) is 4.79 Å². The Balaban J connectivity index is 3.03. The van der Waals surface area contributed by atoms with Crippen molar-refractivity contribution in [3.8, 4) is 5.75 Å². The van der Waals surface area contributed by atoms with Crippen LogP contribution in [0.3, 0.4) is 0 Å². The number of carbonyl (C=O) groups is 1. The summed E-state index contributed by atoms with van der Waals surface area (Å²) in [7, 11) is 5.49. The second kappa shape index (κ2) is 6.10. The Labute approximate surface area is 107 Å². The normalized spacial score (nSPS) is 9.94. The summed E-state index contributed by atoms with van der Waals surface area (Å²) in [6.45, 7) is 3.97. The summed E-state index contributed by atoms with van der Waals surface area (Å²) in [5.74, 6) is -0.0717. The van der Waals surface area contributed by atoms with E-state index in [1.165, 1.54) is 0 Å². The minimum absolute atomic E-state index is 0.0862. The molecule has 1 rings (SSSR count). The molecular weight excluding hydrogens is 230 g/mol. The average molecular weight is 249 g/mol. The number of allylic oxidation sites excluding steroid dienone is 1. The highest BCUT2D eigenvalue weighted by atomic mass is 16.5. The third kappa shape index (κ3) is 3.52. The van der Waals surface area contributed by atoms with Crippen molar-refractivity contribution in [1.82, 2.24) is 0 Å². The number of anilines is 1. The van der Waals surface area contributed by atoms with Crippen molar-refractivity contribution in [2.75, 3.05) is 26.1 Å². The zero-order valence-corrected chi connectivity index (χ0v) is 11.1. The van der Waals surface area contributed by atoms with Crippen molar-refractivity contribution in [2.24, 2.45) is 0 Å². The molecule has 4 nitrogen and oxygen atoms in total. The lowest BCUT2D eigenvalue weighted by Crippen LogP contribution is -2.11. The maximum Gasteiger partial charge on any atom is 0.303 e. The number of aliphatic carboxylic acids is 1. The second-order valence-corrected chi connectivity index (χ2v) is 4.27. The van der Waals surface area contributed by atoms with Gasteiger partial charge in [0.15, 0.2) is 0 Å². The van der Waals surface area contributed by atoms with E-state index in [-0.39, 0.29) is 6.42 Å². The fourth-order valence-corrected chi connectivity index (χ4v) is 1.71. The molecule has 0 saturated carbocycles. The first-order valence-corrected chi connectivity index (χ1v) is 5.71. The second-order valence-electron chi connectivity index (χ2n) is 4.27. The number of ether oxygens (including phenoxy) is 1. The van der Waals surface area contributed by atoms with Crippen molar-refractivity contribution in [1.29, 1.82) is 0 Å². The van der Waals surface area contributed by atoms with Gasteiger partial charge >= 0.3 is 5.97 Å². The molecule has 18 heavy (non-hydrogen) atoms. The predicted octanol–water partition coefficient (Wildman–Crippen LogP) is 2.64. The van der Waals surface area contributed by atoms with E-state index >= 15 is 0 Å². The van der Waals surface area contributed by atoms with E-state index in [0.717, 1.165) is 22.6 Å². The van der Waals surface area contributed by atoms with Gasteiger partial charge in [-0.15, -0.1) is 0 Å². The number of hydrogen-bond acceptors (Lipinski definition) is 3. The molecule has 98 valence electrons. The van der Waals surface area contributed by atoms with Crippen LogP contribution in [0.5, 0.6) is 5.75 Å². The largest absolute Gasteiger partial charge is 0.497 e. The highest BCUT2D eigenvalue weighted by Crippen LogP contribution is 2.31. The molecule has 1 aromatic carbocycles. The zero-order valence-electron chi connectivity index (χ0n) is 11.1. The van der Waals surface area contributed by atoms with E-state index in [2.05, 4.69) is 6.58 Å². The third-order valence-electron chi connectivity index (χ3n) is 2.71. The van der Waals surface area contributed by atoms with E-state index in [4.69, 9.17) is 9.84 Å². The lowest BCUT2D eigenvalue weighted by Gasteiger charge is -2.19. The molecule has 0 bridgehead atoms. The molecule has 0 heterocycles. The smallest absolute Gasteiger partial charge is 0.303 e. The average Bonchev–Trinajstić information content (AvgIpc) is 2.34. The maximum absolute atomic E-state index is 10.6. The van der Waals surface area contributed by atoms with Crippen molar-refractivity contribution in [3.05, 3.63) is 30.3 Å². The predicted molar refractivity (Wildman–Crippen MR) is 73.2 cm³/mol. The molecule has 1 aromatic rings. The first-order chi connectivity index (χ1) is 8.45. The highest BCUT2D eigenvalue weighted by molar-refractivity contribution is 5.79. The molecule has 0 atom stereocenters. The first-order valence-electron chi connectivity index (χ1n) is 5.71. The van der Waals surface area contributed by atoms with Gasteiger partial charge in [0.25, 0.3) is 0 Å². The fourth-order valence-electron chi connectivity index (χ4n) is 1.71. The third-order valence-corrected chi connectivity index (χ3v) is 2.71. The molecule has 0 spiro atoms. The molecule has 0 radical (unpaired) electrons. The topological polar surface area (TPSA) is 49.8 Å². The number of hydrogen-bond donors (Lipinski definition) is 1. The Bertz CT molecular complexity index is 452. The number of carboxylic acids is 1. The van der Waals surface area contributed by atoms with Crippen LogP contribution in [0.25, 0.3) is 5.57 Å². The van der Waals surface area contributed by atoms with Gasteiger partial charge in [-0.3, -0.25) is 4.79 Å². The van der Waals surface area contributed by atoms with Crippen LogP contribution in [-0.4, -0.2) is 32.3 Å². The number of nitrogens with zero attached hydrogens (tertiary/aromatic N) is 1. The van der Waals surface area contributed by atoms with Crippen molar-refractivity contribution in [2.45, 2.75) is 12.8 Å². The van der Waals surface area contributed by atoms with Gasteiger partial charge in [0.05, 0.1) is 7.11 Å². The molecule has 1 N–H and O–H groups in total. The summed E-state index contributed by atoms with van der Waals surface area (Å²) in [5.41, 5.74) is 2.74. The zero-order chi connectivity index (χ0) is 13.7. The van der Waals surface area contributed by atoms with Crippen LogP contribution in [0.15, 0.2) is 24.8 Å². The van der Waals surface area contributed by atoms with Crippen molar-refractivity contribution >= 4 is 17.2 Å². The summed E-state index contributed by atoms with van der Waals surface area (Å²) >= 11 is 0. The molecular formula is C14H19NO3. The molecule has 0 fully saturated rings. The minimum atomic E-state index is -0.814. The summed E-state index contributed by atoms with van der Waals surface area (Å²) in [6.07, 6.45) is 0.520. The highest BCUT2D eigenvalue weighted by Gasteiger charge is 2.10. The van der Waals surface area contributed by atoms with Crippen LogP contribution < -0.4 is 9.64 Å². The van der Waals surface area contributed by atoms with Gasteiger partial charge in [0, 0.05) is 31.8 Å². The molecule has 0 aliphatic heterocycles. The van der Waals surface area contributed by atoms with E-state index in [1.807, 2.05) is 37.2 Å². The number of carboxylic acid groups (broad SMARTS) is 1. The Morgan fingerprint density at radius 3 is 2.56 bits per heavy atom. The Hall–Kier alpha value is -1.97. The summed E-state index contributed by atoms with van der Waals surface area (Å²) in [6, 6.07) is 5.71. The maximum atomic E-state index is 10.6. The van der Waals surface area contributed by atoms with E-state index in [1.54, 1.807) is 7.11 Å². The van der Waals surface area contributed by atoms with Crippen LogP contribution in [0.1, 0.15) is 18.4 Å². The minimum Gasteiger partial charge on any atom is -0.497 e. The summed E-state index contributed by atoms with van der Waals surface area (Å²) in [4.78, 5) is 12.6. The lowest BCUT2D eigenvalue weighted by atomic mass is 10.00. The van der Waals surface area contributed by atoms with Gasteiger partial charge in [-0.2, -0.15) is 0 Å². The molecule has 0 saturated heterocycles. The quantitative estimate of drug-likeness (QED) is 0.842. The van der Waals surface area contributed by atoms with Crippen molar-refractivity contribution in [3.63, 3.8) is 0 Å². The van der Waals surface area contributed by atoms with Crippen molar-refractivity contribution < 1.29 is 14.6 Å². The van der Waals surface area contributed by atoms with Crippen LogP contribution in [0.2, 0.25) is 0 Å². The molecule has 0 aromatic heterocycles. The van der Waals surface area contributed by atoms with Gasteiger partial charge in [0.2, 0.25) is 0 Å². The fraction of sp³-hybridized carbons (Fsp3) is 0.357. The van der Waals surface area contributed by atoms with Crippen LogP contribution in [0, 0.1) is 0 Å². The van der Waals surface area contributed by atoms with E-state index in [0.29, 0.717) is 6.42 Å². The molecule has 4 heteroatoms. The SMILES string of the molecule is C=C(CCC(=O)O)c1cc(OC)ccc1N(C)C. The first kappa shape index (κ1) is 14.1. The standard InChI is InChI=1S/C14H19NO3/c1-10(5-8-14(16)17)12-9-11(18-4)6-7-13(12)15(2)3/h6-7,9H,1,5,8H2,2-4H3,(H,16,17). The number of methoxy groups -OCH3 is 1. The number of benzene rings is 1. The molecule has 0 amide bonds. The Morgan fingerprint density at radius 2 is 2.06 bits per heavy atom. The molecule has 0 unspecified atom stereocenters. The van der Waals surface area contributed by atoms with Gasteiger partial charge in [-0.1, -0.05) is 6.58 Å². The van der Waals surface area contributed by atoms with Gasteiger partial charge in [-0.05, 0) is 30.2 Å². The Kier molecular flexibility index (Phi) is 4.77. The van der Waals surface area contributed by atoms with Gasteiger partial charge < -0.3 is 14.7 Å². The van der Waals surface area contributed by atoms with Crippen LogP contribution in [0.4, 0.5) is 5.69 Å². The van der Waals surface area contributed by atoms with Crippen LogP contribution >= 0.6 is 0 Å². The monoisotopic (exact) mass is 249 g/mol. The molecule has 0 aliphatic rings. The lowest BCUT2D eigenvalue weighted by molar-refractivity contribution is -0.136.